The molecule has 0 unspecified atom stereocenters. The zero-order chi connectivity index (χ0) is 69.3. The Balaban J connectivity index is 0.842. The van der Waals surface area contributed by atoms with Crippen LogP contribution in [0.5, 0.6) is 0 Å². The molecule has 5 aromatic rings. The number of carbonyl (C=O) groups is 5. The van der Waals surface area contributed by atoms with Crippen molar-refractivity contribution in [1.29, 1.82) is 0 Å². The fourth-order valence-electron chi connectivity index (χ4n) is 17.0. The molecular weight excluding hydrogens is 1260 g/mol. The lowest BCUT2D eigenvalue weighted by molar-refractivity contribution is -0.367. The first-order valence-corrected chi connectivity index (χ1v) is 38.4. The Bertz CT molecular complexity index is 3590. The van der Waals surface area contributed by atoms with E-state index >= 15 is 0 Å². The molecule has 6 fully saturated rings. The minimum Gasteiger partial charge on any atom is -0.459 e. The molecule has 5 aromatic carbocycles. The van der Waals surface area contributed by atoms with Crippen LogP contribution in [0.2, 0.25) is 18.1 Å². The van der Waals surface area contributed by atoms with Crippen LogP contribution in [0.1, 0.15) is 165 Å². The minimum absolute atomic E-state index is 0.119. The number of allylic oxidation sites excluding steroid dienone is 1. The molecule has 524 valence electrons. The topological polar surface area (TPSA) is 207 Å². The van der Waals surface area contributed by atoms with Crippen molar-refractivity contribution < 1.29 is 80.9 Å². The summed E-state index contributed by atoms with van der Waals surface area (Å²) in [4.78, 5) is 71.4. The first-order chi connectivity index (χ1) is 46.9. The predicted molar refractivity (Wildman–Crippen MR) is 368 cm³/mol. The van der Waals surface area contributed by atoms with Crippen molar-refractivity contribution in [3.8, 4) is 0 Å². The van der Waals surface area contributed by atoms with Gasteiger partial charge in [-0.2, -0.15) is 0 Å². The number of rotatable bonds is 21. The van der Waals surface area contributed by atoms with E-state index in [0.29, 0.717) is 48.3 Å². The van der Waals surface area contributed by atoms with Crippen LogP contribution in [-0.4, -0.2) is 136 Å². The molecule has 0 radical (unpaired) electrons. The van der Waals surface area contributed by atoms with E-state index in [1.807, 2.05) is 0 Å². The van der Waals surface area contributed by atoms with Crippen molar-refractivity contribution in [2.45, 2.75) is 211 Å². The Morgan fingerprint density at radius 3 is 1.63 bits per heavy atom. The fourth-order valence-corrected chi connectivity index (χ4v) is 18.1. The summed E-state index contributed by atoms with van der Waals surface area (Å²) in [5, 5.41) is 12.9. The van der Waals surface area contributed by atoms with Gasteiger partial charge in [-0.25, -0.2) is 24.0 Å². The Kier molecular flexibility index (Phi) is 21.5. The van der Waals surface area contributed by atoms with E-state index in [1.54, 1.807) is 159 Å². The summed E-state index contributed by atoms with van der Waals surface area (Å²) in [6.45, 7) is 23.3. The fraction of sp³-hybridized carbons (Fsp3) is 0.537. The van der Waals surface area contributed by atoms with Crippen LogP contribution < -0.4 is 0 Å². The SMILES string of the molecule is C[C@H](CC[C@H]1O[C@H]2C[C@H]3[C@@H]4CC=C5C[C@@H](O[C@@H]6O[C@H](COC(=O)c7ccccc7)[C@@H](O)[C@H](OC(=O)c7ccccc7)[C@H]6O[C@@H]6O[C@@H](C)[C@H](OC(=O)c7ccccc7)[C@@H](OC(=O)c7ccccc7)[C@H]6OC(=O)c6ccccc6)CC[C@]5(C)[C@H]4CC[C@]3(C)[C@H]2[C@@H]1C)CO[Si](C)(C)C(C)(C)C. The maximum absolute atomic E-state index is 14.6. The second-order valence-corrected chi connectivity index (χ2v) is 35.5. The molecule has 3 aliphatic heterocycles. The molecule has 0 amide bonds. The van der Waals surface area contributed by atoms with Gasteiger partial charge in [0, 0.05) is 6.61 Å². The largest absolute Gasteiger partial charge is 0.459 e. The first kappa shape index (κ1) is 71.0. The number of hydrogen-bond acceptors (Lipinski definition) is 17. The Labute approximate surface area is 578 Å². The van der Waals surface area contributed by atoms with Gasteiger partial charge < -0.3 is 56.9 Å². The molecule has 0 aromatic heterocycles. The Hall–Kier alpha value is -6.87. The highest BCUT2D eigenvalue weighted by molar-refractivity contribution is 6.74. The number of carbonyl (C=O) groups excluding carboxylic acids is 5. The van der Waals surface area contributed by atoms with E-state index in [-0.39, 0.29) is 55.9 Å². The molecule has 3 heterocycles. The summed E-state index contributed by atoms with van der Waals surface area (Å²) in [6.07, 6.45) is -4.88. The molecule has 18 heteroatoms. The van der Waals surface area contributed by atoms with Crippen LogP contribution in [0.4, 0.5) is 0 Å². The van der Waals surface area contributed by atoms with Gasteiger partial charge in [0.15, 0.2) is 51.4 Å². The lowest BCUT2D eigenvalue weighted by Gasteiger charge is -2.58. The third kappa shape index (κ3) is 15.0. The lowest BCUT2D eigenvalue weighted by Crippen LogP contribution is -2.66. The maximum atomic E-state index is 14.6. The van der Waals surface area contributed by atoms with Crippen molar-refractivity contribution in [3.63, 3.8) is 0 Å². The summed E-state index contributed by atoms with van der Waals surface area (Å²) >= 11 is 0. The normalized spacial score (nSPS) is 33.8. The summed E-state index contributed by atoms with van der Waals surface area (Å²) in [7, 11) is -1.84. The van der Waals surface area contributed by atoms with Gasteiger partial charge in [-0.15, -0.1) is 0 Å². The van der Waals surface area contributed by atoms with E-state index in [2.05, 4.69) is 67.6 Å². The summed E-state index contributed by atoms with van der Waals surface area (Å²) in [5.74, 6) is -1.13. The van der Waals surface area contributed by atoms with Gasteiger partial charge in [-0.1, -0.05) is 151 Å². The smallest absolute Gasteiger partial charge is 0.338 e. The third-order valence-corrected chi connectivity index (χ3v) is 28.0. The molecule has 4 aliphatic carbocycles. The summed E-state index contributed by atoms with van der Waals surface area (Å²) in [5.41, 5.74) is 2.20. The number of ether oxygens (including phenoxy) is 10. The zero-order valence-corrected chi connectivity index (χ0v) is 59.2. The number of esters is 5. The van der Waals surface area contributed by atoms with Gasteiger partial charge in [-0.05, 0) is 190 Å². The standard InChI is InChI=1S/C80H98O17Si/c1-48(46-88-98(9,10)78(4,5)6)36-39-61-49(2)64-62(91-61)45-60-58-38-37-56-44-57(40-42-79(56,7)59(58)41-43-80(60,64)8)90-77-69(67(94-73(84)53-30-20-13-21-31-53)65(81)63(92-77)47-87-71(82)51-26-16-11-17-27-51)97-76-70(96-75(86)55-34-24-15-25-35-55)68(95-74(85)54-32-22-14-23-33-54)66(50(3)89-76)93-72(83)52-28-18-12-19-29-52/h11-35,37,48-50,57-70,76-77,81H,36,38-47H2,1-10H3/t48-,49-,50+,57+,58-,59+,60+,61-,62+,63-,64+,65-,66+,67+,68-,69-,70-,76+,77-,79+,80+/m1/s1. The molecule has 12 rings (SSSR count). The van der Waals surface area contributed by atoms with E-state index in [4.69, 9.17) is 51.8 Å². The number of fused-ring (bicyclic) bond motifs is 7. The van der Waals surface area contributed by atoms with Gasteiger partial charge >= 0.3 is 29.8 Å². The average Bonchev–Trinajstić information content (AvgIpc) is 1.50. The average molecular weight is 1360 g/mol. The van der Waals surface area contributed by atoms with Crippen LogP contribution in [0.3, 0.4) is 0 Å². The van der Waals surface area contributed by atoms with Crippen molar-refractivity contribution >= 4 is 38.2 Å². The highest BCUT2D eigenvalue weighted by atomic mass is 28.4. The number of aliphatic hydroxyl groups is 1. The zero-order valence-electron chi connectivity index (χ0n) is 58.2. The van der Waals surface area contributed by atoms with Crippen LogP contribution >= 0.6 is 0 Å². The van der Waals surface area contributed by atoms with Crippen molar-refractivity contribution in [1.82, 2.24) is 0 Å². The highest BCUT2D eigenvalue weighted by Crippen LogP contribution is 2.69. The monoisotopic (exact) mass is 1360 g/mol. The van der Waals surface area contributed by atoms with E-state index < -0.39 is 112 Å². The predicted octanol–water partition coefficient (Wildman–Crippen LogP) is 14.4. The van der Waals surface area contributed by atoms with E-state index in [0.717, 1.165) is 51.6 Å². The molecule has 0 bridgehead atoms. The maximum Gasteiger partial charge on any atom is 0.338 e. The van der Waals surface area contributed by atoms with Gasteiger partial charge in [0.2, 0.25) is 0 Å². The molecule has 98 heavy (non-hydrogen) atoms. The highest BCUT2D eigenvalue weighted by Gasteiger charge is 2.66. The molecule has 17 nitrogen and oxygen atoms in total. The van der Waals surface area contributed by atoms with Crippen molar-refractivity contribution in [2.75, 3.05) is 13.2 Å². The van der Waals surface area contributed by atoms with Crippen molar-refractivity contribution in [2.24, 2.45) is 46.3 Å². The quantitative estimate of drug-likeness (QED) is 0.0314. The minimum atomic E-state index is -1.84. The number of aliphatic hydroxyl groups excluding tert-OH is 1. The van der Waals surface area contributed by atoms with Crippen LogP contribution in [0.15, 0.2) is 163 Å². The van der Waals surface area contributed by atoms with Gasteiger partial charge in [0.1, 0.15) is 18.8 Å². The van der Waals surface area contributed by atoms with Gasteiger partial charge in [0.25, 0.3) is 0 Å². The molecule has 21 atom stereocenters. The molecular formula is C80H98O17Si. The van der Waals surface area contributed by atoms with Crippen LogP contribution in [0, 0.1) is 46.3 Å². The molecule has 7 aliphatic rings. The first-order valence-electron chi connectivity index (χ1n) is 35.5. The second-order valence-electron chi connectivity index (χ2n) is 30.6. The van der Waals surface area contributed by atoms with Crippen molar-refractivity contribution in [3.05, 3.63) is 191 Å². The van der Waals surface area contributed by atoms with E-state index in [9.17, 15) is 29.1 Å². The lowest BCUT2D eigenvalue weighted by atomic mass is 9.47. The van der Waals surface area contributed by atoms with E-state index in [1.165, 1.54) is 5.57 Å². The third-order valence-electron chi connectivity index (χ3n) is 23.5. The Morgan fingerprint density at radius 1 is 0.592 bits per heavy atom. The number of hydrogen-bond donors (Lipinski definition) is 1. The Morgan fingerprint density at radius 2 is 1.09 bits per heavy atom. The molecule has 0 spiro atoms. The summed E-state index contributed by atoms with van der Waals surface area (Å²) in [6, 6.07) is 41.2. The van der Waals surface area contributed by atoms with Gasteiger partial charge in [-0.3, -0.25) is 0 Å². The number of benzene rings is 5. The van der Waals surface area contributed by atoms with Gasteiger partial charge in [0.05, 0.1) is 52.2 Å². The molecule has 1 N–H and O–H groups in total. The van der Waals surface area contributed by atoms with Crippen LogP contribution in [-0.2, 0) is 51.8 Å². The second kappa shape index (κ2) is 29.8. The van der Waals surface area contributed by atoms with Crippen LogP contribution in [0.25, 0.3) is 0 Å². The summed E-state index contributed by atoms with van der Waals surface area (Å²) < 4.78 is 73.0. The molecule has 3 saturated carbocycles. The molecule has 3 saturated heterocycles.